The lowest BCUT2D eigenvalue weighted by Gasteiger charge is -2.25. The molecule has 0 saturated carbocycles. The van der Waals surface area contributed by atoms with Gasteiger partial charge in [0.1, 0.15) is 5.75 Å². The second-order valence-electron chi connectivity index (χ2n) is 6.54. The van der Waals surface area contributed by atoms with Gasteiger partial charge in [-0.3, -0.25) is 0 Å². The Bertz CT molecular complexity index is 738. The van der Waals surface area contributed by atoms with Gasteiger partial charge < -0.3 is 15.0 Å². The number of aryl methyl sites for hydroxylation is 3. The van der Waals surface area contributed by atoms with Gasteiger partial charge in [-0.1, -0.05) is 6.07 Å². The molecule has 1 aliphatic rings. The summed E-state index contributed by atoms with van der Waals surface area (Å²) in [5, 5.41) is 3.25. The fourth-order valence-electron chi connectivity index (χ4n) is 3.65. The van der Waals surface area contributed by atoms with Gasteiger partial charge in [-0.05, 0) is 73.2 Å². The molecule has 1 N–H and O–H groups in total. The maximum Gasteiger partial charge on any atom is 0.387 e. The molecule has 3 rings (SSSR count). The van der Waals surface area contributed by atoms with Crippen LogP contribution < -0.4 is 15.0 Å². The number of benzene rings is 2. The quantitative estimate of drug-likeness (QED) is 0.852. The van der Waals surface area contributed by atoms with E-state index in [0.717, 1.165) is 31.5 Å². The van der Waals surface area contributed by atoms with Crippen molar-refractivity contribution >= 4 is 11.4 Å². The predicted octanol–water partition coefficient (Wildman–Crippen LogP) is 4.90. The fourth-order valence-corrected chi connectivity index (χ4v) is 3.65. The Balaban J connectivity index is 1.87. The Kier molecular flexibility index (Phi) is 5.11. The van der Waals surface area contributed by atoms with E-state index in [9.17, 15) is 8.78 Å². The van der Waals surface area contributed by atoms with E-state index in [1.54, 1.807) is 12.1 Å². The maximum absolute atomic E-state index is 12.4. The molecular weight excluding hydrogens is 322 g/mol. The second kappa shape index (κ2) is 7.30. The third-order valence-corrected chi connectivity index (χ3v) is 4.77. The number of fused-ring (bicyclic) bond motifs is 1. The van der Waals surface area contributed by atoms with Crippen molar-refractivity contribution in [1.29, 1.82) is 0 Å². The van der Waals surface area contributed by atoms with E-state index >= 15 is 0 Å². The first-order valence-corrected chi connectivity index (χ1v) is 8.58. The molecule has 134 valence electrons. The number of halogens is 2. The standard InChI is InChI=1S/C20H24F2N2O/c1-13-9-17(10-14(2)19(13)23-3)24-8-4-5-15-11-18(25-20(21)22)7-6-16(15)12-24/h6-7,9-11,20,23H,4-5,8,12H2,1-3H3. The number of ether oxygens (including phenoxy) is 1. The van der Waals surface area contributed by atoms with Crippen molar-refractivity contribution in [2.45, 2.75) is 39.8 Å². The van der Waals surface area contributed by atoms with Crippen LogP contribution in [0, 0.1) is 13.8 Å². The lowest BCUT2D eigenvalue weighted by Crippen LogP contribution is -2.22. The van der Waals surface area contributed by atoms with Gasteiger partial charge in [-0.15, -0.1) is 0 Å². The molecule has 2 aromatic rings. The van der Waals surface area contributed by atoms with Gasteiger partial charge in [0, 0.05) is 31.5 Å². The van der Waals surface area contributed by atoms with Gasteiger partial charge in [0.25, 0.3) is 0 Å². The van der Waals surface area contributed by atoms with E-state index in [4.69, 9.17) is 0 Å². The highest BCUT2D eigenvalue weighted by atomic mass is 19.3. The number of alkyl halides is 2. The van der Waals surface area contributed by atoms with Gasteiger partial charge in [-0.25, -0.2) is 0 Å². The van der Waals surface area contributed by atoms with E-state index in [0.29, 0.717) is 0 Å². The molecule has 0 amide bonds. The molecule has 1 aliphatic heterocycles. The van der Waals surface area contributed by atoms with Gasteiger partial charge in [0.2, 0.25) is 0 Å². The minimum absolute atomic E-state index is 0.243. The van der Waals surface area contributed by atoms with Crippen LogP contribution in [0.25, 0.3) is 0 Å². The van der Waals surface area contributed by atoms with Crippen molar-refractivity contribution in [3.63, 3.8) is 0 Å². The summed E-state index contributed by atoms with van der Waals surface area (Å²) in [6.07, 6.45) is 1.86. The summed E-state index contributed by atoms with van der Waals surface area (Å²) in [4.78, 5) is 2.36. The summed E-state index contributed by atoms with van der Waals surface area (Å²) < 4.78 is 29.4. The molecule has 0 saturated heterocycles. The minimum atomic E-state index is -2.78. The first-order chi connectivity index (χ1) is 12.0. The van der Waals surface area contributed by atoms with E-state index in [1.165, 1.54) is 28.1 Å². The van der Waals surface area contributed by atoms with E-state index in [-0.39, 0.29) is 5.75 Å². The lowest BCUT2D eigenvalue weighted by atomic mass is 10.0. The third-order valence-electron chi connectivity index (χ3n) is 4.77. The monoisotopic (exact) mass is 346 g/mol. The van der Waals surface area contributed by atoms with Crippen molar-refractivity contribution in [3.8, 4) is 5.75 Å². The van der Waals surface area contributed by atoms with Crippen molar-refractivity contribution in [1.82, 2.24) is 0 Å². The van der Waals surface area contributed by atoms with Crippen LogP contribution >= 0.6 is 0 Å². The van der Waals surface area contributed by atoms with Crippen LogP contribution in [0.5, 0.6) is 5.75 Å². The molecule has 0 radical (unpaired) electrons. The zero-order chi connectivity index (χ0) is 18.0. The zero-order valence-electron chi connectivity index (χ0n) is 14.9. The maximum atomic E-state index is 12.4. The Labute approximate surface area is 147 Å². The average molecular weight is 346 g/mol. The Morgan fingerprint density at radius 2 is 1.80 bits per heavy atom. The van der Waals surface area contributed by atoms with Crippen molar-refractivity contribution in [3.05, 3.63) is 52.6 Å². The van der Waals surface area contributed by atoms with Crippen LogP contribution in [0.1, 0.15) is 28.7 Å². The number of rotatable bonds is 4. The van der Waals surface area contributed by atoms with Crippen LogP contribution in [0.3, 0.4) is 0 Å². The molecule has 0 spiro atoms. The Hall–Kier alpha value is -2.30. The number of anilines is 2. The first-order valence-electron chi connectivity index (χ1n) is 8.58. The van der Waals surface area contributed by atoms with Crippen molar-refractivity contribution < 1.29 is 13.5 Å². The number of nitrogens with zero attached hydrogens (tertiary/aromatic N) is 1. The molecule has 1 heterocycles. The van der Waals surface area contributed by atoms with Crippen molar-refractivity contribution in [2.75, 3.05) is 23.8 Å². The molecule has 0 fully saturated rings. The number of hydrogen-bond acceptors (Lipinski definition) is 3. The average Bonchev–Trinajstić information content (AvgIpc) is 2.76. The molecule has 3 nitrogen and oxygen atoms in total. The minimum Gasteiger partial charge on any atom is -0.435 e. The summed E-state index contributed by atoms with van der Waals surface area (Å²) in [5.41, 5.74) is 7.10. The molecule has 0 unspecified atom stereocenters. The van der Waals surface area contributed by atoms with Crippen LogP contribution in [-0.2, 0) is 13.0 Å². The highest BCUT2D eigenvalue weighted by Gasteiger charge is 2.17. The molecular formula is C20H24F2N2O. The summed E-state index contributed by atoms with van der Waals surface area (Å²) in [7, 11) is 1.94. The van der Waals surface area contributed by atoms with Gasteiger partial charge in [-0.2, -0.15) is 8.78 Å². The van der Waals surface area contributed by atoms with Crippen LogP contribution in [-0.4, -0.2) is 20.2 Å². The molecule has 2 aromatic carbocycles. The van der Waals surface area contributed by atoms with Gasteiger partial charge in [0.15, 0.2) is 0 Å². The molecule has 0 aliphatic carbocycles. The number of hydrogen-bond donors (Lipinski definition) is 1. The molecule has 0 aromatic heterocycles. The van der Waals surface area contributed by atoms with E-state index in [1.807, 2.05) is 13.1 Å². The summed E-state index contributed by atoms with van der Waals surface area (Å²) in [5.74, 6) is 0.243. The molecule has 0 bridgehead atoms. The fraction of sp³-hybridized carbons (Fsp3) is 0.400. The topological polar surface area (TPSA) is 24.5 Å². The smallest absolute Gasteiger partial charge is 0.387 e. The van der Waals surface area contributed by atoms with Crippen molar-refractivity contribution in [2.24, 2.45) is 0 Å². The normalized spacial score (nSPS) is 14.2. The highest BCUT2D eigenvalue weighted by Crippen LogP contribution is 2.31. The Morgan fingerprint density at radius 1 is 1.08 bits per heavy atom. The second-order valence-corrected chi connectivity index (χ2v) is 6.54. The van der Waals surface area contributed by atoms with Crippen LogP contribution in [0.15, 0.2) is 30.3 Å². The first kappa shape index (κ1) is 17.5. The summed E-state index contributed by atoms with van der Waals surface area (Å²) in [6, 6.07) is 9.71. The largest absolute Gasteiger partial charge is 0.435 e. The van der Waals surface area contributed by atoms with Crippen LogP contribution in [0.4, 0.5) is 20.2 Å². The predicted molar refractivity (Wildman–Crippen MR) is 97.9 cm³/mol. The zero-order valence-corrected chi connectivity index (χ0v) is 14.9. The molecule has 5 heteroatoms. The van der Waals surface area contributed by atoms with E-state index < -0.39 is 6.61 Å². The SMILES string of the molecule is CNc1c(C)cc(N2CCCc3cc(OC(F)F)ccc3C2)cc1C. The lowest BCUT2D eigenvalue weighted by molar-refractivity contribution is -0.0498. The van der Waals surface area contributed by atoms with E-state index in [2.05, 4.69) is 40.9 Å². The highest BCUT2D eigenvalue weighted by molar-refractivity contribution is 5.65. The van der Waals surface area contributed by atoms with Gasteiger partial charge in [0.05, 0.1) is 0 Å². The van der Waals surface area contributed by atoms with Crippen LogP contribution in [0.2, 0.25) is 0 Å². The molecule has 0 atom stereocenters. The van der Waals surface area contributed by atoms with Gasteiger partial charge >= 0.3 is 6.61 Å². The Morgan fingerprint density at radius 3 is 2.44 bits per heavy atom. The number of nitrogens with one attached hydrogen (secondary N) is 1. The summed E-state index contributed by atoms with van der Waals surface area (Å²) >= 11 is 0. The molecule has 25 heavy (non-hydrogen) atoms. The third kappa shape index (κ3) is 3.86. The summed E-state index contributed by atoms with van der Waals surface area (Å²) in [6.45, 7) is 3.17.